The first kappa shape index (κ1) is 20.9. The van der Waals surface area contributed by atoms with Gasteiger partial charge in [-0.3, -0.25) is 0 Å². The van der Waals surface area contributed by atoms with E-state index < -0.39 is 17.7 Å². The average molecular weight is 353 g/mol. The molecule has 0 saturated carbocycles. The van der Waals surface area contributed by atoms with Gasteiger partial charge >= 0.3 is 12.1 Å². The van der Waals surface area contributed by atoms with E-state index in [1.165, 1.54) is 0 Å². The summed E-state index contributed by atoms with van der Waals surface area (Å²) in [6.45, 7) is 12.2. The fourth-order valence-electron chi connectivity index (χ4n) is 2.36. The summed E-state index contributed by atoms with van der Waals surface area (Å²) in [4.78, 5) is 26.8. The monoisotopic (exact) mass is 353 g/mol. The first-order valence-electron chi connectivity index (χ1n) is 8.70. The van der Waals surface area contributed by atoms with Crippen molar-refractivity contribution in [2.75, 3.05) is 18.5 Å². The Bertz CT molecular complexity index is 561. The van der Waals surface area contributed by atoms with Crippen molar-refractivity contribution in [2.45, 2.75) is 59.6 Å². The van der Waals surface area contributed by atoms with Gasteiger partial charge in [-0.25, -0.2) is 9.59 Å². The van der Waals surface area contributed by atoms with Gasteiger partial charge < -0.3 is 25.1 Å². The van der Waals surface area contributed by atoms with E-state index in [9.17, 15) is 9.59 Å². The molecule has 1 heterocycles. The number of nitrogens with one attached hydrogen (secondary N) is 3. The molecule has 1 atom stereocenters. The molecule has 0 bridgehead atoms. The molecule has 1 aromatic rings. The number of anilines is 1. The number of hydrogen-bond donors (Lipinski definition) is 3. The van der Waals surface area contributed by atoms with Gasteiger partial charge in [0, 0.05) is 18.8 Å². The molecule has 7 heteroatoms. The second-order valence-electron chi connectivity index (χ2n) is 7.34. The molecule has 1 aromatic heterocycles. The highest BCUT2D eigenvalue weighted by Crippen LogP contribution is 2.16. The number of hydrogen-bond acceptors (Lipinski definition) is 5. The number of carbonyl (C=O) groups is 2. The lowest BCUT2D eigenvalue weighted by Gasteiger charge is -2.25. The highest BCUT2D eigenvalue weighted by atomic mass is 16.6. The van der Waals surface area contributed by atoms with Crippen LogP contribution in [0.25, 0.3) is 0 Å². The van der Waals surface area contributed by atoms with Crippen molar-refractivity contribution in [2.24, 2.45) is 5.92 Å². The Labute approximate surface area is 149 Å². The van der Waals surface area contributed by atoms with E-state index in [-0.39, 0.29) is 6.04 Å². The second-order valence-corrected chi connectivity index (χ2v) is 7.34. The van der Waals surface area contributed by atoms with Gasteiger partial charge in [-0.15, -0.1) is 0 Å². The Balaban J connectivity index is 2.69. The number of rotatable bonds is 8. The first-order valence-corrected chi connectivity index (χ1v) is 8.70. The van der Waals surface area contributed by atoms with Crippen LogP contribution in [0.1, 0.15) is 58.5 Å². The van der Waals surface area contributed by atoms with Crippen LogP contribution < -0.4 is 10.6 Å². The van der Waals surface area contributed by atoms with Gasteiger partial charge in [0.15, 0.2) is 0 Å². The first-order chi connectivity index (χ1) is 11.6. The fraction of sp³-hybridized carbons (Fsp3) is 0.667. The molecular weight excluding hydrogens is 322 g/mol. The number of amides is 1. The normalized spacial score (nSPS) is 12.6. The van der Waals surface area contributed by atoms with E-state index in [1.807, 2.05) is 20.8 Å². The third kappa shape index (κ3) is 7.96. The average Bonchev–Trinajstić information content (AvgIpc) is 2.90. The van der Waals surface area contributed by atoms with Gasteiger partial charge in [-0.1, -0.05) is 13.8 Å². The van der Waals surface area contributed by atoms with Crippen molar-refractivity contribution >= 4 is 17.7 Å². The van der Waals surface area contributed by atoms with Gasteiger partial charge in [0.2, 0.25) is 0 Å². The molecular formula is C18H31N3O4. The smallest absolute Gasteiger partial charge is 0.407 e. The van der Waals surface area contributed by atoms with Gasteiger partial charge in [0.25, 0.3) is 0 Å². The summed E-state index contributed by atoms with van der Waals surface area (Å²) in [5.74, 6) is -0.00648. The highest BCUT2D eigenvalue weighted by molar-refractivity contribution is 5.93. The summed E-state index contributed by atoms with van der Waals surface area (Å²) in [6, 6.07) is 1.64. The van der Waals surface area contributed by atoms with Crippen LogP contribution in [0.15, 0.2) is 12.3 Å². The summed E-state index contributed by atoms with van der Waals surface area (Å²) in [6.07, 6.45) is 2.01. The fourth-order valence-corrected chi connectivity index (χ4v) is 2.36. The number of alkyl carbamates (subject to hydrolysis) is 1. The topological polar surface area (TPSA) is 92.5 Å². The SMILES string of the molecule is CCOC(=O)c1[nH]ccc1NCC(CC(C)C)NC(=O)OC(C)(C)C. The van der Waals surface area contributed by atoms with Crippen LogP contribution >= 0.6 is 0 Å². The van der Waals surface area contributed by atoms with Gasteiger partial charge in [-0.05, 0) is 46.1 Å². The minimum Gasteiger partial charge on any atom is -0.461 e. The van der Waals surface area contributed by atoms with E-state index in [0.29, 0.717) is 30.5 Å². The minimum atomic E-state index is -0.544. The van der Waals surface area contributed by atoms with Crippen molar-refractivity contribution < 1.29 is 19.1 Å². The van der Waals surface area contributed by atoms with Crippen molar-refractivity contribution in [1.29, 1.82) is 0 Å². The van der Waals surface area contributed by atoms with E-state index in [2.05, 4.69) is 29.5 Å². The van der Waals surface area contributed by atoms with E-state index in [4.69, 9.17) is 9.47 Å². The molecule has 1 unspecified atom stereocenters. The molecule has 7 nitrogen and oxygen atoms in total. The lowest BCUT2D eigenvalue weighted by atomic mass is 10.0. The maximum atomic E-state index is 12.0. The van der Waals surface area contributed by atoms with E-state index in [0.717, 1.165) is 6.42 Å². The molecule has 0 aliphatic carbocycles. The largest absolute Gasteiger partial charge is 0.461 e. The second kappa shape index (κ2) is 9.34. The Hall–Kier alpha value is -2.18. The summed E-state index contributed by atoms with van der Waals surface area (Å²) >= 11 is 0. The zero-order chi connectivity index (χ0) is 19.0. The number of aromatic nitrogens is 1. The molecule has 1 rings (SSSR count). The predicted molar refractivity (Wildman–Crippen MR) is 97.9 cm³/mol. The highest BCUT2D eigenvalue weighted by Gasteiger charge is 2.21. The van der Waals surface area contributed by atoms with Gasteiger partial charge in [0.05, 0.1) is 12.3 Å². The Kier molecular flexibility index (Phi) is 7.80. The van der Waals surface area contributed by atoms with E-state index in [1.54, 1.807) is 19.2 Å². The van der Waals surface area contributed by atoms with Gasteiger partial charge in [-0.2, -0.15) is 0 Å². The minimum absolute atomic E-state index is 0.125. The van der Waals surface area contributed by atoms with Crippen LogP contribution in [0.3, 0.4) is 0 Å². The lowest BCUT2D eigenvalue weighted by molar-refractivity contribution is 0.0495. The predicted octanol–water partition coefficient (Wildman–Crippen LogP) is 3.54. The molecule has 0 aliphatic heterocycles. The number of ether oxygens (including phenoxy) is 2. The Morgan fingerprint density at radius 3 is 2.52 bits per heavy atom. The number of H-pyrrole nitrogens is 1. The van der Waals surface area contributed by atoms with Crippen molar-refractivity contribution in [1.82, 2.24) is 10.3 Å². The number of carbonyl (C=O) groups excluding carboxylic acids is 2. The summed E-state index contributed by atoms with van der Waals surface area (Å²) in [5, 5.41) is 6.10. The molecule has 3 N–H and O–H groups in total. The Morgan fingerprint density at radius 1 is 1.28 bits per heavy atom. The molecule has 25 heavy (non-hydrogen) atoms. The van der Waals surface area contributed by atoms with Crippen LogP contribution in [0, 0.1) is 5.92 Å². The molecule has 0 spiro atoms. The van der Waals surface area contributed by atoms with Crippen LogP contribution in [0.2, 0.25) is 0 Å². The molecule has 0 radical (unpaired) electrons. The van der Waals surface area contributed by atoms with Gasteiger partial charge in [0.1, 0.15) is 11.3 Å². The summed E-state index contributed by atoms with van der Waals surface area (Å²) in [5.41, 5.74) is 0.484. The Morgan fingerprint density at radius 2 is 1.96 bits per heavy atom. The third-order valence-electron chi connectivity index (χ3n) is 3.24. The number of esters is 1. The standard InChI is InChI=1S/C18H31N3O4/c1-7-24-16(22)15-14(8-9-19-15)20-11-13(10-12(2)3)21-17(23)25-18(4,5)6/h8-9,12-13,19-20H,7,10-11H2,1-6H3,(H,21,23). The molecule has 1 amide bonds. The van der Waals surface area contributed by atoms with Crippen molar-refractivity contribution in [3.8, 4) is 0 Å². The maximum absolute atomic E-state index is 12.0. The zero-order valence-corrected chi connectivity index (χ0v) is 16.1. The lowest BCUT2D eigenvalue weighted by Crippen LogP contribution is -2.43. The van der Waals surface area contributed by atoms with Crippen LogP contribution in [0.4, 0.5) is 10.5 Å². The summed E-state index contributed by atoms with van der Waals surface area (Å²) in [7, 11) is 0. The molecule has 142 valence electrons. The molecule has 0 aliphatic rings. The quantitative estimate of drug-likeness (QED) is 0.622. The third-order valence-corrected chi connectivity index (χ3v) is 3.24. The number of aromatic amines is 1. The van der Waals surface area contributed by atoms with Crippen LogP contribution in [-0.4, -0.2) is 41.8 Å². The van der Waals surface area contributed by atoms with Crippen LogP contribution in [0.5, 0.6) is 0 Å². The van der Waals surface area contributed by atoms with Crippen LogP contribution in [-0.2, 0) is 9.47 Å². The summed E-state index contributed by atoms with van der Waals surface area (Å²) < 4.78 is 10.3. The zero-order valence-electron chi connectivity index (χ0n) is 16.1. The van der Waals surface area contributed by atoms with E-state index >= 15 is 0 Å². The maximum Gasteiger partial charge on any atom is 0.407 e. The molecule has 0 saturated heterocycles. The van der Waals surface area contributed by atoms with Crippen molar-refractivity contribution in [3.63, 3.8) is 0 Å². The molecule has 0 aromatic carbocycles. The molecule has 0 fully saturated rings. The van der Waals surface area contributed by atoms with Crippen molar-refractivity contribution in [3.05, 3.63) is 18.0 Å².